The van der Waals surface area contributed by atoms with Crippen LogP contribution in [-0.2, 0) is 0 Å². The molecule has 0 radical (unpaired) electrons. The predicted molar refractivity (Wildman–Crippen MR) is 96.4 cm³/mol. The van der Waals surface area contributed by atoms with Gasteiger partial charge < -0.3 is 19.7 Å². The van der Waals surface area contributed by atoms with Gasteiger partial charge >= 0.3 is 0 Å². The first-order valence-corrected chi connectivity index (χ1v) is 9.04. The molecule has 2 rings (SSSR count). The zero-order valence-corrected chi connectivity index (χ0v) is 15.3. The number of benzene rings is 1. The van der Waals surface area contributed by atoms with Gasteiger partial charge in [0.25, 0.3) is 5.91 Å². The molecule has 1 aromatic rings. The van der Waals surface area contributed by atoms with Crippen LogP contribution in [0, 0.1) is 0 Å². The van der Waals surface area contributed by atoms with Crippen molar-refractivity contribution in [3.8, 4) is 11.5 Å². The van der Waals surface area contributed by atoms with Crippen LogP contribution in [0.25, 0.3) is 0 Å². The number of methoxy groups -OCH3 is 1. The number of piperidine rings is 1. The van der Waals surface area contributed by atoms with Gasteiger partial charge in [0, 0.05) is 12.1 Å². The van der Waals surface area contributed by atoms with Gasteiger partial charge in [-0.2, -0.15) is 0 Å². The monoisotopic (exact) mass is 354 g/mol. The minimum atomic E-state index is -0.142. The van der Waals surface area contributed by atoms with Crippen LogP contribution in [0.15, 0.2) is 12.1 Å². The van der Waals surface area contributed by atoms with E-state index in [1.807, 2.05) is 6.92 Å². The first-order valence-electron chi connectivity index (χ1n) is 8.66. The summed E-state index contributed by atoms with van der Waals surface area (Å²) in [6, 6.07) is 3.28. The molecular formula is C18H27ClN2O3. The van der Waals surface area contributed by atoms with Gasteiger partial charge in [-0.1, -0.05) is 18.0 Å². The molecule has 1 fully saturated rings. The number of nitrogens with zero attached hydrogens (tertiary/aromatic N) is 1. The molecule has 0 aliphatic carbocycles. The fourth-order valence-corrected chi connectivity index (χ4v) is 3.19. The van der Waals surface area contributed by atoms with E-state index in [9.17, 15) is 4.79 Å². The van der Waals surface area contributed by atoms with Crippen LogP contribution in [0.1, 0.15) is 43.0 Å². The van der Waals surface area contributed by atoms with E-state index in [0.717, 1.165) is 13.0 Å². The first kappa shape index (κ1) is 18.9. The molecular weight excluding hydrogens is 328 g/mol. The lowest BCUT2D eigenvalue weighted by Crippen LogP contribution is -2.33. The van der Waals surface area contributed by atoms with E-state index in [2.05, 4.69) is 10.2 Å². The van der Waals surface area contributed by atoms with Crippen LogP contribution in [0.3, 0.4) is 0 Å². The van der Waals surface area contributed by atoms with E-state index < -0.39 is 0 Å². The Morgan fingerprint density at radius 3 is 2.71 bits per heavy atom. The highest BCUT2D eigenvalue weighted by Gasteiger charge is 2.15. The number of hydrogen-bond donors (Lipinski definition) is 1. The van der Waals surface area contributed by atoms with Crippen LogP contribution in [0.5, 0.6) is 11.5 Å². The van der Waals surface area contributed by atoms with E-state index in [1.165, 1.54) is 39.5 Å². The lowest BCUT2D eigenvalue weighted by atomic mass is 10.1. The standard InChI is InChI=1S/C18H27ClN2O3/c1-3-24-17-15(19)12-14(13-16(17)23-2)18(22)20-8-7-11-21-9-5-4-6-10-21/h12-13H,3-11H2,1-2H3,(H,20,22). The van der Waals surface area contributed by atoms with E-state index >= 15 is 0 Å². The predicted octanol–water partition coefficient (Wildman–Crippen LogP) is 3.35. The van der Waals surface area contributed by atoms with Crippen molar-refractivity contribution in [1.29, 1.82) is 0 Å². The van der Waals surface area contributed by atoms with Gasteiger partial charge in [-0.25, -0.2) is 0 Å². The third-order valence-corrected chi connectivity index (χ3v) is 4.45. The smallest absolute Gasteiger partial charge is 0.251 e. The molecule has 1 aliphatic heterocycles. The Hall–Kier alpha value is -1.46. The third-order valence-electron chi connectivity index (χ3n) is 4.17. The Balaban J connectivity index is 1.86. The molecule has 1 aromatic carbocycles. The topological polar surface area (TPSA) is 50.8 Å². The third kappa shape index (κ3) is 5.28. The van der Waals surface area contributed by atoms with Crippen LogP contribution < -0.4 is 14.8 Å². The Morgan fingerprint density at radius 2 is 2.04 bits per heavy atom. The van der Waals surface area contributed by atoms with Crippen molar-refractivity contribution in [2.24, 2.45) is 0 Å². The maximum absolute atomic E-state index is 12.3. The summed E-state index contributed by atoms with van der Waals surface area (Å²) < 4.78 is 10.7. The van der Waals surface area contributed by atoms with Crippen molar-refractivity contribution in [2.75, 3.05) is 39.9 Å². The van der Waals surface area contributed by atoms with Crippen LogP contribution in [0.4, 0.5) is 0 Å². The van der Waals surface area contributed by atoms with Gasteiger partial charge in [-0.15, -0.1) is 0 Å². The molecule has 1 heterocycles. The van der Waals surface area contributed by atoms with Crippen LogP contribution in [0.2, 0.25) is 5.02 Å². The normalized spacial score (nSPS) is 15.1. The van der Waals surface area contributed by atoms with Crippen molar-refractivity contribution in [1.82, 2.24) is 10.2 Å². The molecule has 0 bridgehead atoms. The lowest BCUT2D eigenvalue weighted by Gasteiger charge is -2.26. The largest absolute Gasteiger partial charge is 0.493 e. The number of likely N-dealkylation sites (tertiary alicyclic amines) is 1. The van der Waals surface area contributed by atoms with E-state index in [-0.39, 0.29) is 5.91 Å². The number of carbonyl (C=O) groups excluding carboxylic acids is 1. The minimum absolute atomic E-state index is 0.142. The van der Waals surface area contributed by atoms with Crippen molar-refractivity contribution >= 4 is 17.5 Å². The molecule has 0 aromatic heterocycles. The van der Waals surface area contributed by atoms with Gasteiger partial charge in [0.05, 0.1) is 18.7 Å². The summed E-state index contributed by atoms with van der Waals surface area (Å²) >= 11 is 6.21. The van der Waals surface area contributed by atoms with Crippen molar-refractivity contribution < 1.29 is 14.3 Å². The second-order valence-electron chi connectivity index (χ2n) is 5.93. The van der Waals surface area contributed by atoms with Gasteiger partial charge in [0.2, 0.25) is 0 Å². The Morgan fingerprint density at radius 1 is 1.29 bits per heavy atom. The number of ether oxygens (including phenoxy) is 2. The fourth-order valence-electron chi connectivity index (χ4n) is 2.92. The minimum Gasteiger partial charge on any atom is -0.493 e. The molecule has 1 saturated heterocycles. The molecule has 6 heteroatoms. The highest BCUT2D eigenvalue weighted by Crippen LogP contribution is 2.36. The molecule has 5 nitrogen and oxygen atoms in total. The quantitative estimate of drug-likeness (QED) is 0.727. The van der Waals surface area contributed by atoms with E-state index in [0.29, 0.717) is 35.2 Å². The van der Waals surface area contributed by atoms with Gasteiger partial charge in [-0.3, -0.25) is 4.79 Å². The summed E-state index contributed by atoms with van der Waals surface area (Å²) in [4.78, 5) is 14.8. The SMILES string of the molecule is CCOc1c(Cl)cc(C(=O)NCCCN2CCCCC2)cc1OC. The maximum Gasteiger partial charge on any atom is 0.251 e. The molecule has 1 amide bonds. The summed E-state index contributed by atoms with van der Waals surface area (Å²) in [5.74, 6) is 0.808. The average molecular weight is 355 g/mol. The number of halogens is 1. The zero-order chi connectivity index (χ0) is 17.4. The maximum atomic E-state index is 12.3. The molecule has 134 valence electrons. The average Bonchev–Trinajstić information content (AvgIpc) is 2.61. The van der Waals surface area contributed by atoms with Crippen LogP contribution >= 0.6 is 11.6 Å². The molecule has 1 aliphatic rings. The Bertz CT molecular complexity index is 545. The summed E-state index contributed by atoms with van der Waals surface area (Å²) in [6.07, 6.45) is 4.87. The summed E-state index contributed by atoms with van der Waals surface area (Å²) in [6.45, 7) is 6.41. The second kappa shape index (κ2) is 9.74. The van der Waals surface area contributed by atoms with Crippen molar-refractivity contribution in [3.05, 3.63) is 22.7 Å². The fraction of sp³-hybridized carbons (Fsp3) is 0.611. The highest BCUT2D eigenvalue weighted by molar-refractivity contribution is 6.32. The molecule has 24 heavy (non-hydrogen) atoms. The first-order chi connectivity index (χ1) is 11.7. The van der Waals surface area contributed by atoms with E-state index in [4.69, 9.17) is 21.1 Å². The molecule has 0 saturated carbocycles. The number of carbonyl (C=O) groups is 1. The molecule has 1 N–H and O–H groups in total. The molecule has 0 atom stereocenters. The zero-order valence-electron chi connectivity index (χ0n) is 14.6. The molecule has 0 spiro atoms. The van der Waals surface area contributed by atoms with E-state index in [1.54, 1.807) is 12.1 Å². The summed E-state index contributed by atoms with van der Waals surface area (Å²) in [7, 11) is 1.54. The highest BCUT2D eigenvalue weighted by atomic mass is 35.5. The van der Waals surface area contributed by atoms with Crippen molar-refractivity contribution in [3.63, 3.8) is 0 Å². The van der Waals surface area contributed by atoms with Gasteiger partial charge in [-0.05, 0) is 58.0 Å². The summed E-state index contributed by atoms with van der Waals surface area (Å²) in [5, 5.41) is 3.33. The van der Waals surface area contributed by atoms with Gasteiger partial charge in [0.1, 0.15) is 0 Å². The molecule has 0 unspecified atom stereocenters. The Kier molecular flexibility index (Phi) is 7.66. The van der Waals surface area contributed by atoms with Gasteiger partial charge in [0.15, 0.2) is 11.5 Å². The number of amides is 1. The Labute approximate surface area is 149 Å². The number of rotatable bonds is 8. The second-order valence-corrected chi connectivity index (χ2v) is 6.34. The number of nitrogens with one attached hydrogen (secondary N) is 1. The summed E-state index contributed by atoms with van der Waals surface area (Å²) in [5.41, 5.74) is 0.485. The number of hydrogen-bond acceptors (Lipinski definition) is 4. The van der Waals surface area contributed by atoms with Crippen LogP contribution in [-0.4, -0.2) is 50.7 Å². The van der Waals surface area contributed by atoms with Crippen molar-refractivity contribution in [2.45, 2.75) is 32.6 Å². The lowest BCUT2D eigenvalue weighted by molar-refractivity contribution is 0.0950.